The van der Waals surface area contributed by atoms with E-state index in [1.54, 1.807) is 48.8 Å². The van der Waals surface area contributed by atoms with Gasteiger partial charge in [-0.05, 0) is 24.3 Å². The van der Waals surface area contributed by atoms with Gasteiger partial charge in [-0.1, -0.05) is 12.1 Å². The summed E-state index contributed by atoms with van der Waals surface area (Å²) in [6.45, 7) is 0. The third-order valence-corrected chi connectivity index (χ3v) is 2.11. The fourth-order valence-corrected chi connectivity index (χ4v) is 1.36. The SMILES string of the molecule is O=Cc1cccc(C(=O)n2cccc2)c1. The van der Waals surface area contributed by atoms with Crippen molar-refractivity contribution in [2.45, 2.75) is 0 Å². The van der Waals surface area contributed by atoms with Crippen LogP contribution in [0.4, 0.5) is 0 Å². The molecule has 0 aliphatic carbocycles. The second-order valence-corrected chi connectivity index (χ2v) is 3.14. The normalized spacial score (nSPS) is 9.87. The topological polar surface area (TPSA) is 39.1 Å². The molecule has 0 aliphatic heterocycles. The Labute approximate surface area is 87.0 Å². The predicted octanol–water partition coefficient (Wildman–Crippen LogP) is 1.99. The van der Waals surface area contributed by atoms with E-state index < -0.39 is 0 Å². The Bertz CT molecular complexity index is 486. The Morgan fingerprint density at radius 1 is 1.13 bits per heavy atom. The lowest BCUT2D eigenvalue weighted by atomic mass is 10.1. The molecule has 3 heteroatoms. The van der Waals surface area contributed by atoms with Crippen molar-refractivity contribution in [2.24, 2.45) is 0 Å². The van der Waals surface area contributed by atoms with Crippen molar-refractivity contribution in [3.05, 3.63) is 59.9 Å². The summed E-state index contributed by atoms with van der Waals surface area (Å²) < 4.78 is 1.48. The van der Waals surface area contributed by atoms with Crippen LogP contribution in [0.5, 0.6) is 0 Å². The largest absolute Gasteiger partial charge is 0.298 e. The summed E-state index contributed by atoms with van der Waals surface area (Å²) in [7, 11) is 0. The number of rotatable bonds is 2. The molecule has 0 spiro atoms. The molecule has 0 saturated heterocycles. The Hall–Kier alpha value is -2.16. The third-order valence-electron chi connectivity index (χ3n) is 2.11. The number of aldehydes is 1. The monoisotopic (exact) mass is 199 g/mol. The number of hydrogen-bond donors (Lipinski definition) is 0. The summed E-state index contributed by atoms with van der Waals surface area (Å²) in [5.74, 6) is -0.135. The summed E-state index contributed by atoms with van der Waals surface area (Å²) in [5, 5.41) is 0. The van der Waals surface area contributed by atoms with Crippen LogP contribution in [0.25, 0.3) is 0 Å². The highest BCUT2D eigenvalue weighted by Gasteiger charge is 2.06. The second kappa shape index (κ2) is 3.92. The van der Waals surface area contributed by atoms with Gasteiger partial charge in [-0.25, -0.2) is 0 Å². The van der Waals surface area contributed by atoms with E-state index in [4.69, 9.17) is 0 Å². The van der Waals surface area contributed by atoms with Gasteiger partial charge in [-0.2, -0.15) is 0 Å². The van der Waals surface area contributed by atoms with Crippen LogP contribution in [0.1, 0.15) is 20.7 Å². The molecule has 74 valence electrons. The summed E-state index contributed by atoms with van der Waals surface area (Å²) in [6, 6.07) is 10.2. The van der Waals surface area contributed by atoms with Crippen molar-refractivity contribution in [3.8, 4) is 0 Å². The zero-order valence-corrected chi connectivity index (χ0v) is 7.96. The van der Waals surface area contributed by atoms with Crippen LogP contribution in [-0.4, -0.2) is 16.8 Å². The molecule has 0 radical (unpaired) electrons. The molecule has 1 aromatic carbocycles. The van der Waals surface area contributed by atoms with Gasteiger partial charge in [0.05, 0.1) is 0 Å². The molecule has 0 fully saturated rings. The van der Waals surface area contributed by atoms with Gasteiger partial charge in [0.2, 0.25) is 0 Å². The van der Waals surface area contributed by atoms with E-state index in [2.05, 4.69) is 0 Å². The standard InChI is InChI=1S/C12H9NO2/c14-9-10-4-3-5-11(8-10)12(15)13-6-1-2-7-13/h1-9H. The maximum Gasteiger partial charge on any atom is 0.261 e. The summed E-state index contributed by atoms with van der Waals surface area (Å²) >= 11 is 0. The molecule has 15 heavy (non-hydrogen) atoms. The maximum atomic E-state index is 11.8. The quantitative estimate of drug-likeness (QED) is 0.694. The lowest BCUT2D eigenvalue weighted by Crippen LogP contribution is -2.09. The third kappa shape index (κ3) is 1.86. The number of benzene rings is 1. The van der Waals surface area contributed by atoms with Crippen LogP contribution in [0.3, 0.4) is 0 Å². The molecule has 2 aromatic rings. The summed E-state index contributed by atoms with van der Waals surface area (Å²) in [5.41, 5.74) is 1.02. The van der Waals surface area contributed by atoms with E-state index in [1.807, 2.05) is 0 Å². The number of carbonyl (C=O) groups is 2. The minimum Gasteiger partial charge on any atom is -0.298 e. The molecule has 0 N–H and O–H groups in total. The van der Waals surface area contributed by atoms with E-state index in [0.717, 1.165) is 6.29 Å². The molecule has 3 nitrogen and oxygen atoms in total. The molecule has 0 saturated carbocycles. The average Bonchev–Trinajstić information content (AvgIpc) is 2.81. The fourth-order valence-electron chi connectivity index (χ4n) is 1.36. The molecule has 0 atom stereocenters. The van der Waals surface area contributed by atoms with Gasteiger partial charge in [0.25, 0.3) is 5.91 Å². The van der Waals surface area contributed by atoms with Gasteiger partial charge in [0, 0.05) is 23.5 Å². The predicted molar refractivity (Wildman–Crippen MR) is 56.0 cm³/mol. The molecule has 1 heterocycles. The van der Waals surface area contributed by atoms with Crippen molar-refractivity contribution in [1.82, 2.24) is 4.57 Å². The Balaban J connectivity index is 2.38. The number of aromatic nitrogens is 1. The average molecular weight is 199 g/mol. The molecule has 1 aromatic heterocycles. The van der Waals surface area contributed by atoms with E-state index in [1.165, 1.54) is 4.57 Å². The van der Waals surface area contributed by atoms with Crippen LogP contribution in [-0.2, 0) is 0 Å². The molecular weight excluding hydrogens is 190 g/mol. The van der Waals surface area contributed by atoms with Crippen LogP contribution < -0.4 is 0 Å². The summed E-state index contributed by atoms with van der Waals surface area (Å²) in [6.07, 6.45) is 4.08. The van der Waals surface area contributed by atoms with Gasteiger partial charge in [0.15, 0.2) is 0 Å². The molecule has 0 amide bonds. The first-order valence-electron chi connectivity index (χ1n) is 4.54. The zero-order valence-electron chi connectivity index (χ0n) is 7.96. The van der Waals surface area contributed by atoms with Gasteiger partial charge in [-0.15, -0.1) is 0 Å². The van der Waals surface area contributed by atoms with E-state index in [-0.39, 0.29) is 5.91 Å². The molecule has 2 rings (SSSR count). The van der Waals surface area contributed by atoms with Crippen LogP contribution in [0.15, 0.2) is 48.8 Å². The Morgan fingerprint density at radius 3 is 2.53 bits per heavy atom. The first kappa shape index (κ1) is 9.40. The maximum absolute atomic E-state index is 11.8. The number of carbonyl (C=O) groups excluding carboxylic acids is 2. The van der Waals surface area contributed by atoms with Crippen molar-refractivity contribution >= 4 is 12.2 Å². The fraction of sp³-hybridized carbons (Fsp3) is 0. The highest BCUT2D eigenvalue weighted by molar-refractivity contribution is 5.97. The van der Waals surface area contributed by atoms with Crippen LogP contribution in [0, 0.1) is 0 Å². The van der Waals surface area contributed by atoms with E-state index in [0.29, 0.717) is 11.1 Å². The minimum absolute atomic E-state index is 0.135. The first-order valence-corrected chi connectivity index (χ1v) is 4.54. The smallest absolute Gasteiger partial charge is 0.261 e. The molecule has 0 aliphatic rings. The Morgan fingerprint density at radius 2 is 1.87 bits per heavy atom. The molecule has 0 unspecified atom stereocenters. The van der Waals surface area contributed by atoms with E-state index >= 15 is 0 Å². The van der Waals surface area contributed by atoms with E-state index in [9.17, 15) is 9.59 Å². The lowest BCUT2D eigenvalue weighted by molar-refractivity contribution is 0.0960. The lowest BCUT2D eigenvalue weighted by Gasteiger charge is -2.01. The van der Waals surface area contributed by atoms with Crippen molar-refractivity contribution in [1.29, 1.82) is 0 Å². The second-order valence-electron chi connectivity index (χ2n) is 3.14. The Kier molecular flexibility index (Phi) is 2.46. The highest BCUT2D eigenvalue weighted by atomic mass is 16.2. The van der Waals surface area contributed by atoms with Gasteiger partial charge in [0.1, 0.15) is 6.29 Å². The highest BCUT2D eigenvalue weighted by Crippen LogP contribution is 2.06. The minimum atomic E-state index is -0.135. The van der Waals surface area contributed by atoms with Crippen LogP contribution in [0.2, 0.25) is 0 Å². The van der Waals surface area contributed by atoms with Gasteiger partial charge >= 0.3 is 0 Å². The van der Waals surface area contributed by atoms with Gasteiger partial charge < -0.3 is 0 Å². The van der Waals surface area contributed by atoms with Crippen molar-refractivity contribution in [2.75, 3.05) is 0 Å². The summed E-state index contributed by atoms with van der Waals surface area (Å²) in [4.78, 5) is 22.4. The number of hydrogen-bond acceptors (Lipinski definition) is 2. The zero-order chi connectivity index (χ0) is 10.7. The first-order chi connectivity index (χ1) is 7.31. The van der Waals surface area contributed by atoms with Crippen molar-refractivity contribution in [3.63, 3.8) is 0 Å². The number of nitrogens with zero attached hydrogens (tertiary/aromatic N) is 1. The molecule has 0 bridgehead atoms. The van der Waals surface area contributed by atoms with Gasteiger partial charge in [-0.3, -0.25) is 14.2 Å². The van der Waals surface area contributed by atoms with Crippen molar-refractivity contribution < 1.29 is 9.59 Å². The molecular formula is C12H9NO2. The van der Waals surface area contributed by atoms with Crippen LogP contribution >= 0.6 is 0 Å².